The van der Waals surface area contributed by atoms with Gasteiger partial charge in [0.25, 0.3) is 0 Å². The fraction of sp³-hybridized carbons (Fsp3) is 0.462. The van der Waals surface area contributed by atoms with E-state index in [0.29, 0.717) is 0 Å². The number of nitrogens with one attached hydrogen (secondary N) is 1. The van der Waals surface area contributed by atoms with Gasteiger partial charge in [0.05, 0.1) is 30.3 Å². The van der Waals surface area contributed by atoms with E-state index in [1.54, 1.807) is 0 Å². The van der Waals surface area contributed by atoms with Crippen LogP contribution in [0.2, 0.25) is 0 Å². The third-order valence-electron chi connectivity index (χ3n) is 2.54. The molecule has 0 aromatic heterocycles. The second-order valence-corrected chi connectivity index (χ2v) is 6.30. The zero-order valence-electron chi connectivity index (χ0n) is 12.3. The largest absolute Gasteiger partial charge is 0.465 e. The van der Waals surface area contributed by atoms with Crippen molar-refractivity contribution in [2.75, 3.05) is 26.0 Å². The molecule has 7 nitrogen and oxygen atoms in total. The van der Waals surface area contributed by atoms with Gasteiger partial charge in [-0.2, -0.15) is 0 Å². The lowest BCUT2D eigenvalue weighted by Gasteiger charge is -2.12. The Kier molecular flexibility index (Phi) is 6.13. The highest BCUT2D eigenvalue weighted by Crippen LogP contribution is 2.19. The smallest absolute Gasteiger partial charge is 0.339 e. The first-order valence-corrected chi connectivity index (χ1v) is 7.85. The van der Waals surface area contributed by atoms with Crippen molar-refractivity contribution in [3.05, 3.63) is 23.8 Å². The van der Waals surface area contributed by atoms with Crippen LogP contribution in [-0.4, -0.2) is 40.8 Å². The quantitative estimate of drug-likeness (QED) is 0.437. The molecule has 1 aromatic rings. The number of sulfonamides is 1. The van der Waals surface area contributed by atoms with E-state index in [2.05, 4.69) is 9.46 Å². The second-order valence-electron chi connectivity index (χ2n) is 4.56. The van der Waals surface area contributed by atoms with E-state index < -0.39 is 16.0 Å². The molecule has 0 aliphatic rings. The van der Waals surface area contributed by atoms with Gasteiger partial charge < -0.3 is 15.2 Å². The summed E-state index contributed by atoms with van der Waals surface area (Å²) in [6.07, 6.45) is 0.0108. The highest BCUT2D eigenvalue weighted by Gasteiger charge is 2.23. The van der Waals surface area contributed by atoms with Gasteiger partial charge in [0.15, 0.2) is 0 Å². The maximum atomic E-state index is 12.2. The normalized spacial score (nSPS) is 11.6. The molecule has 0 atom stereocenters. The van der Waals surface area contributed by atoms with Crippen LogP contribution in [0.5, 0.6) is 0 Å². The van der Waals surface area contributed by atoms with Crippen LogP contribution in [0.1, 0.15) is 24.2 Å². The van der Waals surface area contributed by atoms with Crippen LogP contribution in [-0.2, 0) is 19.5 Å². The minimum Gasteiger partial charge on any atom is -0.465 e. The number of carbonyl (C=O) groups is 1. The Labute approximate surface area is 124 Å². The number of benzene rings is 1. The first-order valence-electron chi connectivity index (χ1n) is 6.37. The lowest BCUT2D eigenvalue weighted by molar-refractivity contribution is 0.0596. The number of rotatable bonds is 7. The summed E-state index contributed by atoms with van der Waals surface area (Å²) in [5.41, 5.74) is 5.75. The number of hydrogen-bond donors (Lipinski definition) is 2. The summed E-state index contributed by atoms with van der Waals surface area (Å²) in [5.74, 6) is -0.763. The molecule has 1 rings (SSSR count). The van der Waals surface area contributed by atoms with Gasteiger partial charge in [-0.15, -0.1) is 0 Å². The van der Waals surface area contributed by atoms with Crippen LogP contribution in [0.25, 0.3) is 0 Å². The van der Waals surface area contributed by atoms with E-state index in [0.717, 1.165) is 0 Å². The van der Waals surface area contributed by atoms with Gasteiger partial charge in [-0.3, -0.25) is 0 Å². The topological polar surface area (TPSA) is 108 Å². The van der Waals surface area contributed by atoms with Crippen LogP contribution in [0.3, 0.4) is 0 Å². The van der Waals surface area contributed by atoms with Crippen molar-refractivity contribution in [3.8, 4) is 0 Å². The Balaban J connectivity index is 2.95. The van der Waals surface area contributed by atoms with E-state index in [9.17, 15) is 13.2 Å². The molecule has 0 saturated heterocycles. The predicted molar refractivity (Wildman–Crippen MR) is 78.5 cm³/mol. The van der Waals surface area contributed by atoms with Crippen molar-refractivity contribution in [2.45, 2.75) is 24.8 Å². The maximum Gasteiger partial charge on any atom is 0.339 e. The highest BCUT2D eigenvalue weighted by atomic mass is 32.2. The minimum atomic E-state index is -3.85. The maximum absolute atomic E-state index is 12.2. The molecule has 21 heavy (non-hydrogen) atoms. The molecule has 0 fully saturated rings. The number of carbonyl (C=O) groups excluding carboxylic acids is 1. The SMILES string of the molecule is COC(=O)c1cc(N)ccc1S(=O)(=O)NCCOC(C)C. The molecule has 1 aromatic carbocycles. The van der Waals surface area contributed by atoms with Crippen molar-refractivity contribution in [1.29, 1.82) is 0 Å². The van der Waals surface area contributed by atoms with E-state index in [1.165, 1.54) is 25.3 Å². The molecule has 3 N–H and O–H groups in total. The zero-order valence-corrected chi connectivity index (χ0v) is 13.1. The third kappa shape index (κ3) is 5.00. The second kappa shape index (κ2) is 7.39. The van der Waals surface area contributed by atoms with Crippen LogP contribution in [0, 0.1) is 0 Å². The molecule has 0 aliphatic carbocycles. The van der Waals surface area contributed by atoms with Crippen molar-refractivity contribution < 1.29 is 22.7 Å². The van der Waals surface area contributed by atoms with Crippen LogP contribution in [0.4, 0.5) is 5.69 Å². The molecular weight excluding hydrogens is 296 g/mol. The van der Waals surface area contributed by atoms with Gasteiger partial charge in [-0.05, 0) is 32.0 Å². The zero-order chi connectivity index (χ0) is 16.0. The molecule has 0 heterocycles. The molecule has 0 amide bonds. The van der Waals surface area contributed by atoms with E-state index in [-0.39, 0.29) is 35.4 Å². The number of ether oxygens (including phenoxy) is 2. The fourth-order valence-electron chi connectivity index (χ4n) is 1.60. The van der Waals surface area contributed by atoms with Crippen molar-refractivity contribution in [1.82, 2.24) is 4.72 Å². The van der Waals surface area contributed by atoms with Crippen LogP contribution < -0.4 is 10.5 Å². The van der Waals surface area contributed by atoms with E-state index in [1.807, 2.05) is 13.8 Å². The Morgan fingerprint density at radius 2 is 2.05 bits per heavy atom. The third-order valence-corrected chi connectivity index (χ3v) is 4.06. The van der Waals surface area contributed by atoms with Gasteiger partial charge in [0.2, 0.25) is 10.0 Å². The van der Waals surface area contributed by atoms with Gasteiger partial charge in [0.1, 0.15) is 0 Å². The molecule has 8 heteroatoms. The molecule has 118 valence electrons. The first kappa shape index (κ1) is 17.4. The molecule has 0 spiro atoms. The number of anilines is 1. The van der Waals surface area contributed by atoms with Gasteiger partial charge in [0, 0.05) is 12.2 Å². The van der Waals surface area contributed by atoms with Crippen LogP contribution in [0.15, 0.2) is 23.1 Å². The van der Waals surface area contributed by atoms with Crippen molar-refractivity contribution in [2.24, 2.45) is 0 Å². The summed E-state index contributed by atoms with van der Waals surface area (Å²) >= 11 is 0. The van der Waals surface area contributed by atoms with E-state index >= 15 is 0 Å². The average Bonchev–Trinajstić information content (AvgIpc) is 2.42. The lowest BCUT2D eigenvalue weighted by Crippen LogP contribution is -2.29. The number of esters is 1. The lowest BCUT2D eigenvalue weighted by atomic mass is 10.2. The van der Waals surface area contributed by atoms with Gasteiger partial charge >= 0.3 is 5.97 Å². The Hall–Kier alpha value is -1.64. The Bertz CT molecular complexity index is 599. The van der Waals surface area contributed by atoms with Crippen molar-refractivity contribution >= 4 is 21.7 Å². The van der Waals surface area contributed by atoms with Crippen LogP contribution >= 0.6 is 0 Å². The van der Waals surface area contributed by atoms with E-state index in [4.69, 9.17) is 10.5 Å². The predicted octanol–water partition coefficient (Wildman–Crippen LogP) is 0.759. The van der Waals surface area contributed by atoms with Crippen molar-refractivity contribution in [3.63, 3.8) is 0 Å². The van der Waals surface area contributed by atoms with Gasteiger partial charge in [-0.1, -0.05) is 0 Å². The summed E-state index contributed by atoms with van der Waals surface area (Å²) in [7, 11) is -2.67. The molecule has 0 unspecified atom stereocenters. The monoisotopic (exact) mass is 316 g/mol. The molecular formula is C13H20N2O5S. The molecule has 0 bridgehead atoms. The standard InChI is InChI=1S/C13H20N2O5S/c1-9(2)20-7-6-15-21(17,18)12-5-4-10(14)8-11(12)13(16)19-3/h4-5,8-9,15H,6-7,14H2,1-3H3. The first-order chi connectivity index (χ1) is 9.77. The number of hydrogen-bond acceptors (Lipinski definition) is 6. The minimum absolute atomic E-state index is 0.0108. The highest BCUT2D eigenvalue weighted by molar-refractivity contribution is 7.89. The van der Waals surface area contributed by atoms with Gasteiger partial charge in [-0.25, -0.2) is 17.9 Å². The Morgan fingerprint density at radius 3 is 2.62 bits per heavy atom. The average molecular weight is 316 g/mol. The summed E-state index contributed by atoms with van der Waals surface area (Å²) in [4.78, 5) is 11.5. The molecule has 0 radical (unpaired) electrons. The fourth-order valence-corrected chi connectivity index (χ4v) is 2.79. The number of nitrogen functional groups attached to an aromatic ring is 1. The Morgan fingerprint density at radius 1 is 1.38 bits per heavy atom. The summed E-state index contributed by atoms with van der Waals surface area (Å²) < 4.78 is 36.6. The molecule has 0 saturated carbocycles. The summed E-state index contributed by atoms with van der Waals surface area (Å²) in [5, 5.41) is 0. The summed E-state index contributed by atoms with van der Waals surface area (Å²) in [6, 6.07) is 3.95. The molecule has 0 aliphatic heterocycles. The number of nitrogens with two attached hydrogens (primary N) is 1. The number of methoxy groups -OCH3 is 1. The summed E-state index contributed by atoms with van der Waals surface area (Å²) in [6.45, 7) is 4.04.